The largest absolute Gasteiger partial charge is 0.496 e. The average molecular weight is 348 g/mol. The highest BCUT2D eigenvalue weighted by molar-refractivity contribution is 5.94. The molecular formula is C18H15F3N2O2. The van der Waals surface area contributed by atoms with Crippen molar-refractivity contribution in [1.82, 2.24) is 0 Å². The molecule has 1 N–H and O–H groups in total. The molecule has 7 heteroatoms. The molecule has 2 rings (SSSR count). The Morgan fingerprint density at radius 1 is 1.24 bits per heavy atom. The number of carbonyl (C=O) groups excluding carboxylic acids is 1. The summed E-state index contributed by atoms with van der Waals surface area (Å²) in [5, 5.41) is 11.6. The molecule has 2 aromatic rings. The fourth-order valence-corrected chi connectivity index (χ4v) is 2.29. The molecule has 0 aliphatic rings. The smallest absolute Gasteiger partial charge is 0.416 e. The van der Waals surface area contributed by atoms with E-state index in [1.54, 1.807) is 24.3 Å². The minimum atomic E-state index is -4.51. The minimum Gasteiger partial charge on any atom is -0.496 e. The Hall–Kier alpha value is -3.01. The van der Waals surface area contributed by atoms with Gasteiger partial charge in [0.2, 0.25) is 5.91 Å². The fourth-order valence-electron chi connectivity index (χ4n) is 2.29. The van der Waals surface area contributed by atoms with E-state index in [-0.39, 0.29) is 12.1 Å². The lowest BCUT2D eigenvalue weighted by Crippen LogP contribution is -2.23. The second kappa shape index (κ2) is 7.71. The summed E-state index contributed by atoms with van der Waals surface area (Å²) in [6.45, 7) is 0. The standard InChI is InChI=1S/C18H15F3N2O2/c1-25-16-8-3-2-5-12(16)9-13(11-22)17(24)23-15-7-4-6-14(10-15)18(19,20)21/h2-8,10,13H,9H2,1H3,(H,23,24). The Morgan fingerprint density at radius 3 is 2.60 bits per heavy atom. The first kappa shape index (κ1) is 18.3. The van der Waals surface area contributed by atoms with E-state index in [0.29, 0.717) is 11.3 Å². The fraction of sp³-hybridized carbons (Fsp3) is 0.222. The maximum absolute atomic E-state index is 12.7. The summed E-state index contributed by atoms with van der Waals surface area (Å²) in [7, 11) is 1.48. The van der Waals surface area contributed by atoms with Crippen molar-refractivity contribution >= 4 is 11.6 Å². The molecule has 4 nitrogen and oxygen atoms in total. The van der Waals surface area contributed by atoms with E-state index in [1.807, 2.05) is 6.07 Å². The molecule has 0 saturated heterocycles. The topological polar surface area (TPSA) is 62.1 Å². The van der Waals surface area contributed by atoms with Gasteiger partial charge >= 0.3 is 6.18 Å². The van der Waals surface area contributed by atoms with Crippen molar-refractivity contribution in [2.75, 3.05) is 12.4 Å². The van der Waals surface area contributed by atoms with Gasteiger partial charge in [0.15, 0.2) is 0 Å². The quantitative estimate of drug-likeness (QED) is 0.887. The van der Waals surface area contributed by atoms with Gasteiger partial charge in [0.1, 0.15) is 11.7 Å². The van der Waals surface area contributed by atoms with Crippen molar-refractivity contribution in [1.29, 1.82) is 5.26 Å². The van der Waals surface area contributed by atoms with E-state index in [2.05, 4.69) is 5.32 Å². The van der Waals surface area contributed by atoms with Gasteiger partial charge in [-0.2, -0.15) is 18.4 Å². The number of carbonyl (C=O) groups is 1. The molecule has 0 heterocycles. The van der Waals surface area contributed by atoms with E-state index < -0.39 is 23.6 Å². The van der Waals surface area contributed by atoms with E-state index in [0.717, 1.165) is 12.1 Å². The predicted molar refractivity (Wildman–Crippen MR) is 85.9 cm³/mol. The Bertz CT molecular complexity index is 797. The number of amides is 1. The lowest BCUT2D eigenvalue weighted by atomic mass is 9.99. The Kier molecular flexibility index (Phi) is 5.65. The zero-order chi connectivity index (χ0) is 18.4. The number of nitrogens with zero attached hydrogens (tertiary/aromatic N) is 1. The Balaban J connectivity index is 2.14. The van der Waals surface area contributed by atoms with Crippen LogP contribution in [0.2, 0.25) is 0 Å². The van der Waals surface area contributed by atoms with Gasteiger partial charge in [0.25, 0.3) is 0 Å². The van der Waals surface area contributed by atoms with Crippen LogP contribution in [0.15, 0.2) is 48.5 Å². The van der Waals surface area contributed by atoms with Gasteiger partial charge in [-0.15, -0.1) is 0 Å². The number of hydrogen-bond donors (Lipinski definition) is 1. The van der Waals surface area contributed by atoms with Gasteiger partial charge < -0.3 is 10.1 Å². The molecule has 0 aliphatic carbocycles. The molecule has 0 saturated carbocycles. The second-order valence-electron chi connectivity index (χ2n) is 5.27. The molecule has 0 aromatic heterocycles. The highest BCUT2D eigenvalue weighted by atomic mass is 19.4. The summed E-state index contributed by atoms with van der Waals surface area (Å²) in [4.78, 5) is 12.3. The summed E-state index contributed by atoms with van der Waals surface area (Å²) in [5.74, 6) is -1.20. The average Bonchev–Trinajstić information content (AvgIpc) is 2.59. The number of nitriles is 1. The van der Waals surface area contributed by atoms with Gasteiger partial charge in [-0.25, -0.2) is 0 Å². The number of benzene rings is 2. The van der Waals surface area contributed by atoms with Crippen molar-refractivity contribution in [2.24, 2.45) is 5.92 Å². The number of hydrogen-bond acceptors (Lipinski definition) is 3. The van der Waals surface area contributed by atoms with Crippen LogP contribution in [-0.4, -0.2) is 13.0 Å². The van der Waals surface area contributed by atoms with Crippen molar-refractivity contribution < 1.29 is 22.7 Å². The summed E-state index contributed by atoms with van der Waals surface area (Å²) in [6.07, 6.45) is -4.42. The minimum absolute atomic E-state index is 0.0138. The molecule has 0 fully saturated rings. The molecule has 0 bridgehead atoms. The van der Waals surface area contributed by atoms with Crippen molar-refractivity contribution in [3.63, 3.8) is 0 Å². The van der Waals surface area contributed by atoms with Crippen molar-refractivity contribution in [3.8, 4) is 11.8 Å². The summed E-state index contributed by atoms with van der Waals surface area (Å²) in [6, 6.07) is 13.1. The van der Waals surface area contributed by atoms with Crippen LogP contribution in [0.25, 0.3) is 0 Å². The van der Waals surface area contributed by atoms with Crippen LogP contribution in [0.5, 0.6) is 5.75 Å². The third-order valence-corrected chi connectivity index (χ3v) is 3.55. The third kappa shape index (κ3) is 4.73. The van der Waals surface area contributed by atoms with E-state index in [9.17, 15) is 23.2 Å². The van der Waals surface area contributed by atoms with Gasteiger partial charge in [-0.3, -0.25) is 4.79 Å². The first-order valence-corrected chi connectivity index (χ1v) is 7.34. The van der Waals surface area contributed by atoms with Crippen molar-refractivity contribution in [3.05, 3.63) is 59.7 Å². The lowest BCUT2D eigenvalue weighted by molar-refractivity contribution is -0.137. The van der Waals surface area contributed by atoms with Crippen LogP contribution >= 0.6 is 0 Å². The van der Waals surface area contributed by atoms with Gasteiger partial charge in [0, 0.05) is 12.1 Å². The van der Waals surface area contributed by atoms with E-state index in [4.69, 9.17) is 4.74 Å². The SMILES string of the molecule is COc1ccccc1CC(C#N)C(=O)Nc1cccc(C(F)(F)F)c1. The second-order valence-corrected chi connectivity index (χ2v) is 5.27. The number of ether oxygens (including phenoxy) is 1. The first-order chi connectivity index (χ1) is 11.8. The zero-order valence-corrected chi connectivity index (χ0v) is 13.3. The number of methoxy groups -OCH3 is 1. The molecule has 0 spiro atoms. The summed E-state index contributed by atoms with van der Waals surface area (Å²) < 4.78 is 43.3. The lowest BCUT2D eigenvalue weighted by Gasteiger charge is -2.14. The molecule has 2 aromatic carbocycles. The predicted octanol–water partition coefficient (Wildman–Crippen LogP) is 4.03. The number of alkyl halides is 3. The molecule has 25 heavy (non-hydrogen) atoms. The maximum Gasteiger partial charge on any atom is 0.416 e. The first-order valence-electron chi connectivity index (χ1n) is 7.34. The van der Waals surface area contributed by atoms with Crippen LogP contribution < -0.4 is 10.1 Å². The normalized spacial score (nSPS) is 12.1. The molecule has 1 amide bonds. The van der Waals surface area contributed by atoms with Crippen LogP contribution in [-0.2, 0) is 17.4 Å². The number of halogens is 3. The zero-order valence-electron chi connectivity index (χ0n) is 13.3. The highest BCUT2D eigenvalue weighted by Crippen LogP contribution is 2.31. The van der Waals surface area contributed by atoms with Crippen LogP contribution in [0.1, 0.15) is 11.1 Å². The number of para-hydroxylation sites is 1. The molecule has 1 atom stereocenters. The summed E-state index contributed by atoms with van der Waals surface area (Å²) in [5.41, 5.74) is -0.223. The highest BCUT2D eigenvalue weighted by Gasteiger charge is 2.30. The van der Waals surface area contributed by atoms with E-state index >= 15 is 0 Å². The van der Waals surface area contributed by atoms with Gasteiger partial charge in [-0.1, -0.05) is 24.3 Å². The van der Waals surface area contributed by atoms with Crippen LogP contribution in [0, 0.1) is 17.2 Å². The van der Waals surface area contributed by atoms with Gasteiger partial charge in [-0.05, 0) is 29.8 Å². The molecule has 0 radical (unpaired) electrons. The van der Waals surface area contributed by atoms with Crippen LogP contribution in [0.3, 0.4) is 0 Å². The van der Waals surface area contributed by atoms with Crippen molar-refractivity contribution in [2.45, 2.75) is 12.6 Å². The molecule has 1 unspecified atom stereocenters. The number of nitrogens with one attached hydrogen (secondary N) is 1. The Morgan fingerprint density at radius 2 is 1.96 bits per heavy atom. The third-order valence-electron chi connectivity index (χ3n) is 3.55. The maximum atomic E-state index is 12.7. The summed E-state index contributed by atoms with van der Waals surface area (Å²) >= 11 is 0. The van der Waals surface area contributed by atoms with Crippen LogP contribution in [0.4, 0.5) is 18.9 Å². The van der Waals surface area contributed by atoms with E-state index in [1.165, 1.54) is 19.2 Å². The van der Waals surface area contributed by atoms with Gasteiger partial charge in [0.05, 0.1) is 18.7 Å². The number of rotatable bonds is 5. The molecular weight excluding hydrogens is 333 g/mol. The monoisotopic (exact) mass is 348 g/mol. The molecule has 0 aliphatic heterocycles. The Labute approximate surface area is 142 Å². The molecule has 130 valence electrons. The number of anilines is 1.